The zero-order valence-corrected chi connectivity index (χ0v) is 19.1. The molecule has 0 spiro atoms. The Kier molecular flexibility index (Phi) is 6.19. The van der Waals surface area contributed by atoms with Crippen molar-refractivity contribution in [3.05, 3.63) is 64.7 Å². The number of hydrogen-bond donors (Lipinski definition) is 1. The van der Waals surface area contributed by atoms with E-state index in [1.807, 2.05) is 13.0 Å². The van der Waals surface area contributed by atoms with Gasteiger partial charge < -0.3 is 10.6 Å². The van der Waals surface area contributed by atoms with E-state index in [4.69, 9.17) is 5.73 Å². The lowest BCUT2D eigenvalue weighted by Gasteiger charge is -2.23. The van der Waals surface area contributed by atoms with Crippen molar-refractivity contribution in [2.45, 2.75) is 31.6 Å². The molecule has 2 aromatic rings. The van der Waals surface area contributed by atoms with Crippen LogP contribution in [0.3, 0.4) is 0 Å². The van der Waals surface area contributed by atoms with Gasteiger partial charge in [-0.1, -0.05) is 36.4 Å². The summed E-state index contributed by atoms with van der Waals surface area (Å²) in [5.74, 6) is -0.0158. The molecule has 0 bridgehead atoms. The van der Waals surface area contributed by atoms with Crippen LogP contribution in [-0.2, 0) is 16.4 Å². The number of likely N-dealkylation sites (tertiary alicyclic amines) is 1. The number of aryl methyl sites for hydroxylation is 3. The van der Waals surface area contributed by atoms with Crippen LogP contribution in [0.25, 0.3) is 0 Å². The molecular weight excluding hydrogens is 410 g/mol. The molecule has 2 saturated heterocycles. The largest absolute Gasteiger partial charge is 0.366 e. The molecule has 6 nitrogen and oxygen atoms in total. The lowest BCUT2D eigenvalue weighted by molar-refractivity contribution is 0.0996. The Balaban J connectivity index is 1.40. The highest BCUT2D eigenvalue weighted by Crippen LogP contribution is 2.36. The molecule has 4 rings (SSSR count). The second-order valence-electron chi connectivity index (χ2n) is 9.01. The third-order valence-corrected chi connectivity index (χ3v) is 8.63. The van der Waals surface area contributed by atoms with Gasteiger partial charge in [0.05, 0.1) is 10.5 Å². The van der Waals surface area contributed by atoms with Crippen molar-refractivity contribution in [2.75, 3.05) is 32.7 Å². The monoisotopic (exact) mass is 441 g/mol. The molecule has 2 N–H and O–H groups in total. The quantitative estimate of drug-likeness (QED) is 0.716. The number of nitrogens with two attached hydrogens (primary N) is 1. The zero-order chi connectivity index (χ0) is 22.2. The summed E-state index contributed by atoms with van der Waals surface area (Å²) in [6.07, 6.45) is 2.17. The summed E-state index contributed by atoms with van der Waals surface area (Å²) in [7, 11) is -3.76. The highest BCUT2D eigenvalue weighted by Gasteiger charge is 2.45. The fourth-order valence-electron chi connectivity index (χ4n) is 5.19. The smallest absolute Gasteiger partial charge is 0.250 e. The minimum absolute atomic E-state index is 0.0743. The maximum Gasteiger partial charge on any atom is 0.250 e. The summed E-state index contributed by atoms with van der Waals surface area (Å²) in [5, 5.41) is 0. The molecule has 2 aliphatic rings. The van der Waals surface area contributed by atoms with Crippen molar-refractivity contribution in [1.82, 2.24) is 9.21 Å². The zero-order valence-electron chi connectivity index (χ0n) is 18.3. The summed E-state index contributed by atoms with van der Waals surface area (Å²) in [4.78, 5) is 14.5. The van der Waals surface area contributed by atoms with Crippen molar-refractivity contribution >= 4 is 15.9 Å². The van der Waals surface area contributed by atoms with Crippen molar-refractivity contribution < 1.29 is 13.2 Å². The molecule has 0 aliphatic carbocycles. The van der Waals surface area contributed by atoms with Gasteiger partial charge in [0, 0.05) is 26.2 Å². The van der Waals surface area contributed by atoms with Gasteiger partial charge in [-0.2, -0.15) is 4.31 Å². The number of sulfonamides is 1. The fourth-order valence-corrected chi connectivity index (χ4v) is 7.12. The van der Waals surface area contributed by atoms with Gasteiger partial charge >= 0.3 is 0 Å². The first-order valence-electron chi connectivity index (χ1n) is 10.9. The predicted octanol–water partition coefficient (Wildman–Crippen LogP) is 2.59. The number of fused-ring (bicyclic) bond motifs is 1. The van der Waals surface area contributed by atoms with Gasteiger partial charge in [0.15, 0.2) is 0 Å². The first-order chi connectivity index (χ1) is 14.8. The molecule has 166 valence electrons. The Hall–Kier alpha value is -2.22. The van der Waals surface area contributed by atoms with E-state index in [-0.39, 0.29) is 10.5 Å². The molecule has 31 heavy (non-hydrogen) atoms. The summed E-state index contributed by atoms with van der Waals surface area (Å²) in [6, 6.07) is 13.9. The van der Waals surface area contributed by atoms with Crippen LogP contribution >= 0.6 is 0 Å². The first kappa shape index (κ1) is 22.0. The van der Waals surface area contributed by atoms with E-state index >= 15 is 0 Å². The number of amides is 1. The standard InChI is InChI=1S/C24H31N3O3S/c1-17-11-18(2)23(22(12-17)24(25)28)31(29,30)27-15-20-13-26(14-21(20)16-27)10-6-9-19-7-4-3-5-8-19/h3-5,7-8,11-12,20-21H,6,9-10,13-16H2,1-2H3,(H2,25,28)/t20-,21?/m0/s1. The van der Waals surface area contributed by atoms with Crippen molar-refractivity contribution in [3.63, 3.8) is 0 Å². The molecule has 0 aromatic heterocycles. The molecule has 0 radical (unpaired) electrons. The number of nitrogens with zero attached hydrogens (tertiary/aromatic N) is 2. The topological polar surface area (TPSA) is 83.7 Å². The second-order valence-corrected chi connectivity index (χ2v) is 10.9. The van der Waals surface area contributed by atoms with Gasteiger partial charge in [0.1, 0.15) is 0 Å². The van der Waals surface area contributed by atoms with E-state index < -0.39 is 15.9 Å². The average Bonchev–Trinajstić information content (AvgIpc) is 3.27. The number of primary amides is 1. The van der Waals surface area contributed by atoms with Crippen LogP contribution in [0.4, 0.5) is 0 Å². The number of carbonyl (C=O) groups is 1. The third kappa shape index (κ3) is 4.54. The lowest BCUT2D eigenvalue weighted by atomic mass is 10.0. The van der Waals surface area contributed by atoms with Gasteiger partial charge in [-0.3, -0.25) is 4.79 Å². The minimum atomic E-state index is -3.76. The van der Waals surface area contributed by atoms with Crippen LogP contribution in [0.2, 0.25) is 0 Å². The van der Waals surface area contributed by atoms with Gasteiger partial charge in [0.2, 0.25) is 15.9 Å². The molecule has 0 saturated carbocycles. The molecule has 1 amide bonds. The SMILES string of the molecule is Cc1cc(C)c(S(=O)(=O)N2CC3CN(CCCc4ccccc4)C[C@H]3C2)c(C(N)=O)c1. The Morgan fingerprint density at radius 1 is 1.03 bits per heavy atom. The fraction of sp³-hybridized carbons (Fsp3) is 0.458. The molecule has 2 atom stereocenters. The van der Waals surface area contributed by atoms with Crippen molar-refractivity contribution in [3.8, 4) is 0 Å². The third-order valence-electron chi connectivity index (χ3n) is 6.59. The first-order valence-corrected chi connectivity index (χ1v) is 12.4. The van der Waals surface area contributed by atoms with Crippen molar-refractivity contribution in [2.24, 2.45) is 17.6 Å². The van der Waals surface area contributed by atoms with E-state index in [9.17, 15) is 13.2 Å². The molecule has 2 aliphatic heterocycles. The van der Waals surface area contributed by atoms with Crippen LogP contribution in [0.15, 0.2) is 47.4 Å². The van der Waals surface area contributed by atoms with Crippen LogP contribution in [0.1, 0.15) is 33.5 Å². The average molecular weight is 442 g/mol. The molecule has 2 fully saturated rings. The second kappa shape index (κ2) is 8.73. The predicted molar refractivity (Wildman–Crippen MR) is 121 cm³/mol. The number of benzene rings is 2. The number of rotatable bonds is 7. The van der Waals surface area contributed by atoms with Gasteiger partial charge in [-0.15, -0.1) is 0 Å². The Morgan fingerprint density at radius 2 is 1.68 bits per heavy atom. The number of carbonyl (C=O) groups excluding carboxylic acids is 1. The highest BCUT2D eigenvalue weighted by atomic mass is 32.2. The summed E-state index contributed by atoms with van der Waals surface area (Å²) >= 11 is 0. The van der Waals surface area contributed by atoms with E-state index in [0.29, 0.717) is 30.5 Å². The maximum atomic E-state index is 13.4. The van der Waals surface area contributed by atoms with E-state index in [1.165, 1.54) is 5.56 Å². The molecule has 1 unspecified atom stereocenters. The lowest BCUT2D eigenvalue weighted by Crippen LogP contribution is -2.35. The van der Waals surface area contributed by atoms with Crippen LogP contribution < -0.4 is 5.73 Å². The summed E-state index contributed by atoms with van der Waals surface area (Å²) in [5.41, 5.74) is 8.38. The van der Waals surface area contributed by atoms with E-state index in [1.54, 1.807) is 23.4 Å². The maximum absolute atomic E-state index is 13.4. The van der Waals surface area contributed by atoms with Gasteiger partial charge in [0.25, 0.3) is 0 Å². The van der Waals surface area contributed by atoms with E-state index in [0.717, 1.165) is 38.0 Å². The molecule has 2 heterocycles. The normalized spacial score (nSPS) is 22.0. The summed E-state index contributed by atoms with van der Waals surface area (Å²) < 4.78 is 28.4. The van der Waals surface area contributed by atoms with Gasteiger partial charge in [-0.05, 0) is 67.8 Å². The number of hydrogen-bond acceptors (Lipinski definition) is 4. The summed E-state index contributed by atoms with van der Waals surface area (Å²) in [6.45, 7) is 7.49. The van der Waals surface area contributed by atoms with Crippen LogP contribution in [0.5, 0.6) is 0 Å². The molecule has 7 heteroatoms. The Morgan fingerprint density at radius 3 is 2.29 bits per heavy atom. The van der Waals surface area contributed by atoms with Crippen LogP contribution in [0, 0.1) is 25.7 Å². The van der Waals surface area contributed by atoms with Crippen molar-refractivity contribution in [1.29, 1.82) is 0 Å². The molecule has 2 aromatic carbocycles. The Labute approximate surface area is 185 Å². The van der Waals surface area contributed by atoms with Gasteiger partial charge in [-0.25, -0.2) is 8.42 Å². The minimum Gasteiger partial charge on any atom is -0.366 e. The molecular formula is C24H31N3O3S. The van der Waals surface area contributed by atoms with Crippen LogP contribution in [-0.4, -0.2) is 56.3 Å². The van der Waals surface area contributed by atoms with E-state index in [2.05, 4.69) is 29.2 Å². The highest BCUT2D eigenvalue weighted by molar-refractivity contribution is 7.89. The Bertz CT molecular complexity index is 1050.